The molecule has 0 amide bonds. The van der Waals surface area contributed by atoms with Crippen molar-refractivity contribution in [2.45, 2.75) is 13.8 Å². The van der Waals surface area contributed by atoms with Crippen LogP contribution in [0.4, 0.5) is 5.69 Å². The van der Waals surface area contributed by atoms with Gasteiger partial charge < -0.3 is 10.3 Å². The largest absolute Gasteiger partial charge is 0.399 e. The Kier molecular flexibility index (Phi) is 2.70. The molecule has 2 N–H and O–H groups in total. The van der Waals surface area contributed by atoms with E-state index in [-0.39, 0.29) is 0 Å². The van der Waals surface area contributed by atoms with Gasteiger partial charge in [-0.25, -0.2) is 0 Å². The van der Waals surface area contributed by atoms with E-state index >= 15 is 0 Å². The van der Waals surface area contributed by atoms with Gasteiger partial charge in [-0.15, -0.1) is 0 Å². The molecule has 22 heavy (non-hydrogen) atoms. The van der Waals surface area contributed by atoms with Crippen molar-refractivity contribution in [2.24, 2.45) is 0 Å². The molecule has 0 aliphatic heterocycles. The van der Waals surface area contributed by atoms with E-state index in [0.29, 0.717) is 0 Å². The molecular weight excluding hydrogens is 270 g/mol. The van der Waals surface area contributed by atoms with E-state index < -0.39 is 0 Å². The molecule has 2 aromatic carbocycles. The highest BCUT2D eigenvalue weighted by molar-refractivity contribution is 6.09. The van der Waals surface area contributed by atoms with Gasteiger partial charge in [0.1, 0.15) is 0 Å². The highest BCUT2D eigenvalue weighted by atomic mass is 15.0. The number of aryl methyl sites for hydroxylation is 2. The first-order valence-corrected chi connectivity index (χ1v) is 7.38. The molecule has 3 heteroatoms. The van der Waals surface area contributed by atoms with Gasteiger partial charge in [0.05, 0.1) is 16.7 Å². The predicted octanol–water partition coefficient (Wildman–Crippen LogP) is 4.38. The summed E-state index contributed by atoms with van der Waals surface area (Å²) in [5.41, 5.74) is 12.4. The third-order valence-corrected chi connectivity index (χ3v) is 4.28. The average molecular weight is 287 g/mol. The summed E-state index contributed by atoms with van der Waals surface area (Å²) in [6.45, 7) is 4.10. The molecule has 0 saturated carbocycles. The van der Waals surface area contributed by atoms with E-state index in [0.717, 1.165) is 28.1 Å². The van der Waals surface area contributed by atoms with Crippen molar-refractivity contribution < 1.29 is 0 Å². The van der Waals surface area contributed by atoms with Crippen LogP contribution in [0.15, 0.2) is 54.7 Å². The minimum absolute atomic E-state index is 0.819. The zero-order chi connectivity index (χ0) is 15.3. The number of nitrogens with zero attached hydrogens (tertiary/aromatic N) is 2. The molecular formula is C19H17N3. The summed E-state index contributed by atoms with van der Waals surface area (Å²) in [5, 5.41) is 2.48. The molecule has 0 fully saturated rings. The van der Waals surface area contributed by atoms with Crippen LogP contribution in [0.3, 0.4) is 0 Å². The van der Waals surface area contributed by atoms with Crippen molar-refractivity contribution in [1.82, 2.24) is 9.55 Å². The summed E-state index contributed by atoms with van der Waals surface area (Å²) in [6, 6.07) is 16.7. The highest BCUT2D eigenvalue weighted by Gasteiger charge is 2.14. The second kappa shape index (κ2) is 4.60. The van der Waals surface area contributed by atoms with Crippen molar-refractivity contribution >= 4 is 27.5 Å². The Balaban J connectivity index is 2.21. The summed E-state index contributed by atoms with van der Waals surface area (Å²) < 4.78 is 2.28. The van der Waals surface area contributed by atoms with Crippen LogP contribution in [0.1, 0.15) is 11.3 Å². The maximum Gasteiger partial charge on any atom is 0.0753 e. The van der Waals surface area contributed by atoms with Crippen LogP contribution < -0.4 is 5.73 Å². The molecule has 0 aliphatic carbocycles. The average Bonchev–Trinajstić information content (AvgIpc) is 2.86. The number of para-hydroxylation sites is 1. The second-order valence-electron chi connectivity index (χ2n) is 5.69. The van der Waals surface area contributed by atoms with Crippen molar-refractivity contribution in [3.8, 4) is 5.69 Å². The lowest BCUT2D eigenvalue weighted by Crippen LogP contribution is -1.98. The zero-order valence-corrected chi connectivity index (χ0v) is 12.7. The number of hydrogen-bond acceptors (Lipinski definition) is 2. The monoisotopic (exact) mass is 287 g/mol. The van der Waals surface area contributed by atoms with Gasteiger partial charge in [-0.1, -0.05) is 18.2 Å². The molecule has 0 spiro atoms. The van der Waals surface area contributed by atoms with Crippen LogP contribution in [0.25, 0.3) is 27.5 Å². The van der Waals surface area contributed by atoms with E-state index in [1.54, 1.807) is 0 Å². The molecule has 0 bridgehead atoms. The maximum atomic E-state index is 5.98. The van der Waals surface area contributed by atoms with Gasteiger partial charge in [0.2, 0.25) is 0 Å². The van der Waals surface area contributed by atoms with Crippen LogP contribution in [0.2, 0.25) is 0 Å². The molecule has 0 aliphatic rings. The minimum Gasteiger partial charge on any atom is -0.399 e. The number of pyridine rings is 1. The van der Waals surface area contributed by atoms with Crippen LogP contribution in [0, 0.1) is 13.8 Å². The Bertz CT molecular complexity index is 1010. The number of rotatable bonds is 1. The van der Waals surface area contributed by atoms with Crippen molar-refractivity contribution in [3.63, 3.8) is 0 Å². The van der Waals surface area contributed by atoms with E-state index in [4.69, 9.17) is 5.73 Å². The normalized spacial score (nSPS) is 11.4. The summed E-state index contributed by atoms with van der Waals surface area (Å²) in [7, 11) is 0. The van der Waals surface area contributed by atoms with Crippen LogP contribution >= 0.6 is 0 Å². The number of anilines is 1. The third-order valence-electron chi connectivity index (χ3n) is 4.28. The lowest BCUT2D eigenvalue weighted by atomic mass is 10.2. The highest BCUT2D eigenvalue weighted by Crippen LogP contribution is 2.33. The summed E-state index contributed by atoms with van der Waals surface area (Å²) in [5.74, 6) is 0. The molecule has 3 nitrogen and oxygen atoms in total. The SMILES string of the molecule is Cc1cc(-n2c3ccccc3c3ccnc(C)c32)ccc1N. The molecule has 2 aromatic heterocycles. The van der Waals surface area contributed by atoms with Gasteiger partial charge in [0.25, 0.3) is 0 Å². The van der Waals surface area contributed by atoms with Crippen molar-refractivity contribution in [2.75, 3.05) is 5.73 Å². The van der Waals surface area contributed by atoms with Gasteiger partial charge in [0, 0.05) is 28.3 Å². The van der Waals surface area contributed by atoms with Gasteiger partial charge >= 0.3 is 0 Å². The molecule has 2 heterocycles. The van der Waals surface area contributed by atoms with Gasteiger partial charge in [0.15, 0.2) is 0 Å². The Morgan fingerprint density at radius 2 is 1.77 bits per heavy atom. The third kappa shape index (κ3) is 1.72. The molecule has 108 valence electrons. The number of aromatic nitrogens is 2. The van der Waals surface area contributed by atoms with E-state index in [9.17, 15) is 0 Å². The fourth-order valence-corrected chi connectivity index (χ4v) is 3.14. The van der Waals surface area contributed by atoms with Gasteiger partial charge in [-0.2, -0.15) is 0 Å². The molecule has 4 aromatic rings. The van der Waals surface area contributed by atoms with Crippen LogP contribution in [-0.4, -0.2) is 9.55 Å². The predicted molar refractivity (Wildman–Crippen MR) is 92.5 cm³/mol. The van der Waals surface area contributed by atoms with E-state index in [1.807, 2.05) is 19.2 Å². The first-order chi connectivity index (χ1) is 10.7. The van der Waals surface area contributed by atoms with Gasteiger partial charge in [-0.3, -0.25) is 4.98 Å². The van der Waals surface area contributed by atoms with Gasteiger partial charge in [-0.05, 0) is 49.7 Å². The molecule has 0 saturated heterocycles. The fourth-order valence-electron chi connectivity index (χ4n) is 3.14. The summed E-state index contributed by atoms with van der Waals surface area (Å²) in [6.07, 6.45) is 1.88. The van der Waals surface area contributed by atoms with E-state index in [2.05, 4.69) is 58.9 Å². The van der Waals surface area contributed by atoms with E-state index in [1.165, 1.54) is 16.3 Å². The summed E-state index contributed by atoms with van der Waals surface area (Å²) in [4.78, 5) is 4.48. The zero-order valence-electron chi connectivity index (χ0n) is 12.7. The summed E-state index contributed by atoms with van der Waals surface area (Å²) >= 11 is 0. The number of nitrogens with two attached hydrogens (primary N) is 1. The molecule has 0 radical (unpaired) electrons. The Labute approximate surface area is 129 Å². The smallest absolute Gasteiger partial charge is 0.0753 e. The lowest BCUT2D eigenvalue weighted by molar-refractivity contribution is 1.13. The first kappa shape index (κ1) is 12.9. The number of benzene rings is 2. The molecule has 4 rings (SSSR count). The van der Waals surface area contributed by atoms with Crippen LogP contribution in [0.5, 0.6) is 0 Å². The second-order valence-corrected chi connectivity index (χ2v) is 5.69. The van der Waals surface area contributed by atoms with Crippen molar-refractivity contribution in [3.05, 3.63) is 66.0 Å². The molecule has 0 atom stereocenters. The first-order valence-electron chi connectivity index (χ1n) is 7.38. The number of hydrogen-bond donors (Lipinski definition) is 1. The number of nitrogen functional groups attached to an aromatic ring is 1. The Morgan fingerprint density at radius 3 is 2.59 bits per heavy atom. The Hall–Kier alpha value is -2.81. The molecule has 0 unspecified atom stereocenters. The fraction of sp³-hybridized carbons (Fsp3) is 0.105. The maximum absolute atomic E-state index is 5.98. The van der Waals surface area contributed by atoms with Crippen molar-refractivity contribution in [1.29, 1.82) is 0 Å². The quantitative estimate of drug-likeness (QED) is 0.528. The van der Waals surface area contributed by atoms with Crippen LogP contribution in [-0.2, 0) is 0 Å². The topological polar surface area (TPSA) is 43.8 Å². The standard InChI is InChI=1S/C19H17N3/c1-12-11-14(7-8-17(12)20)22-18-6-4-3-5-15(18)16-9-10-21-13(2)19(16)22/h3-11H,20H2,1-2H3. The number of fused-ring (bicyclic) bond motifs is 3. The minimum atomic E-state index is 0.819. The lowest BCUT2D eigenvalue weighted by Gasteiger charge is -2.11. The Morgan fingerprint density at radius 1 is 0.955 bits per heavy atom.